The van der Waals surface area contributed by atoms with Crippen molar-refractivity contribution in [1.29, 1.82) is 0 Å². The van der Waals surface area contributed by atoms with Gasteiger partial charge in [-0.15, -0.1) is 0 Å². The van der Waals surface area contributed by atoms with Gasteiger partial charge in [-0.2, -0.15) is 11.8 Å². The van der Waals surface area contributed by atoms with Gasteiger partial charge in [0.05, 0.1) is 27.2 Å². The number of nitrogens with one attached hydrogen (secondary N) is 1. The Morgan fingerprint density at radius 3 is 2.42 bits per heavy atom. The van der Waals surface area contributed by atoms with E-state index in [0.717, 1.165) is 9.87 Å². The van der Waals surface area contributed by atoms with E-state index in [1.807, 2.05) is 12.1 Å². The van der Waals surface area contributed by atoms with E-state index in [1.165, 1.54) is 24.3 Å². The summed E-state index contributed by atoms with van der Waals surface area (Å²) in [5.74, 6) is 1.26. The molecule has 0 aliphatic carbocycles. The molecule has 0 heterocycles. The average molecular weight is 588 g/mol. The molecule has 0 radical (unpaired) electrons. The van der Waals surface area contributed by atoms with Crippen molar-refractivity contribution >= 4 is 68.2 Å². The lowest BCUT2D eigenvalue weighted by molar-refractivity contribution is -0.119. The standard InChI is InChI=1S/C25H25Cl3N2O4S2/c1-2-34-24-6-4-3-5-23(24)30(36(32,33)20-10-8-19(26)9-11-20)16-25(31)29-13-14-35-17-18-7-12-21(27)22(28)15-18/h3-12,15H,2,13-14,16-17H2,1H3,(H,29,31). The second-order valence-corrected chi connectivity index (χ2v) is 11.7. The first-order valence-corrected chi connectivity index (χ1v) is 14.7. The number of carbonyl (C=O) groups excluding carboxylic acids is 1. The molecule has 0 bridgehead atoms. The summed E-state index contributed by atoms with van der Waals surface area (Å²) < 4.78 is 33.8. The van der Waals surface area contributed by atoms with Gasteiger partial charge in [-0.05, 0) is 61.0 Å². The van der Waals surface area contributed by atoms with Gasteiger partial charge in [-0.1, -0.05) is 53.0 Å². The number of hydrogen-bond acceptors (Lipinski definition) is 5. The number of nitrogens with zero attached hydrogens (tertiary/aromatic N) is 1. The molecule has 0 spiro atoms. The number of thioether (sulfide) groups is 1. The summed E-state index contributed by atoms with van der Waals surface area (Å²) >= 11 is 19.5. The van der Waals surface area contributed by atoms with Crippen LogP contribution in [0.4, 0.5) is 5.69 Å². The van der Waals surface area contributed by atoms with Gasteiger partial charge in [0.15, 0.2) is 0 Å². The number of carbonyl (C=O) groups is 1. The van der Waals surface area contributed by atoms with E-state index < -0.39 is 22.5 Å². The first kappa shape index (κ1) is 28.5. The highest BCUT2D eigenvalue weighted by Gasteiger charge is 2.29. The fourth-order valence-corrected chi connectivity index (χ4v) is 5.93. The highest BCUT2D eigenvalue weighted by atomic mass is 35.5. The van der Waals surface area contributed by atoms with Gasteiger partial charge in [0.1, 0.15) is 12.3 Å². The number of amides is 1. The maximum absolute atomic E-state index is 13.5. The molecular formula is C25H25Cl3N2O4S2. The zero-order valence-corrected chi connectivity index (χ0v) is 23.3. The van der Waals surface area contributed by atoms with Gasteiger partial charge in [-0.25, -0.2) is 8.42 Å². The highest BCUT2D eigenvalue weighted by Crippen LogP contribution is 2.32. The second kappa shape index (κ2) is 13.4. The van der Waals surface area contributed by atoms with Crippen LogP contribution < -0.4 is 14.4 Å². The minimum atomic E-state index is -4.08. The van der Waals surface area contributed by atoms with Crippen molar-refractivity contribution in [3.8, 4) is 5.75 Å². The molecule has 3 aromatic carbocycles. The van der Waals surface area contributed by atoms with Crippen LogP contribution in [0.3, 0.4) is 0 Å². The molecular weight excluding hydrogens is 563 g/mol. The molecule has 1 N–H and O–H groups in total. The predicted molar refractivity (Wildman–Crippen MR) is 149 cm³/mol. The summed E-state index contributed by atoms with van der Waals surface area (Å²) in [6.07, 6.45) is 0. The van der Waals surface area contributed by atoms with Crippen molar-refractivity contribution in [3.63, 3.8) is 0 Å². The monoisotopic (exact) mass is 586 g/mol. The molecule has 3 aromatic rings. The van der Waals surface area contributed by atoms with Gasteiger partial charge in [0, 0.05) is 23.1 Å². The molecule has 36 heavy (non-hydrogen) atoms. The molecule has 0 saturated heterocycles. The molecule has 11 heteroatoms. The lowest BCUT2D eigenvalue weighted by atomic mass is 10.2. The Morgan fingerprint density at radius 1 is 1.00 bits per heavy atom. The van der Waals surface area contributed by atoms with Crippen LogP contribution in [-0.4, -0.2) is 39.8 Å². The third-order valence-electron chi connectivity index (χ3n) is 4.94. The maximum atomic E-state index is 13.5. The first-order chi connectivity index (χ1) is 17.2. The summed E-state index contributed by atoms with van der Waals surface area (Å²) in [4.78, 5) is 12.8. The number of sulfonamides is 1. The quantitative estimate of drug-likeness (QED) is 0.252. The van der Waals surface area contributed by atoms with Gasteiger partial charge in [0.2, 0.25) is 5.91 Å². The highest BCUT2D eigenvalue weighted by molar-refractivity contribution is 7.98. The van der Waals surface area contributed by atoms with Crippen LogP contribution in [0, 0.1) is 0 Å². The molecule has 0 aromatic heterocycles. The molecule has 0 unspecified atom stereocenters. The van der Waals surface area contributed by atoms with Crippen LogP contribution in [0.5, 0.6) is 5.75 Å². The van der Waals surface area contributed by atoms with Crippen LogP contribution >= 0.6 is 46.6 Å². The number of ether oxygens (including phenoxy) is 1. The Hall–Kier alpha value is -2.10. The van der Waals surface area contributed by atoms with Crippen molar-refractivity contribution < 1.29 is 17.9 Å². The van der Waals surface area contributed by atoms with Crippen molar-refractivity contribution in [2.75, 3.05) is 29.8 Å². The Balaban J connectivity index is 1.69. The van der Waals surface area contributed by atoms with Crippen molar-refractivity contribution in [3.05, 3.63) is 87.4 Å². The number of para-hydroxylation sites is 2. The Kier molecular flexibility index (Phi) is 10.6. The Labute approximate surface area is 230 Å². The molecule has 6 nitrogen and oxygen atoms in total. The largest absolute Gasteiger partial charge is 0.492 e. The number of benzene rings is 3. The topological polar surface area (TPSA) is 75.7 Å². The smallest absolute Gasteiger partial charge is 0.264 e. The van der Waals surface area contributed by atoms with Crippen molar-refractivity contribution in [1.82, 2.24) is 5.32 Å². The third kappa shape index (κ3) is 7.70. The minimum absolute atomic E-state index is 0.0168. The molecule has 0 atom stereocenters. The molecule has 192 valence electrons. The molecule has 1 amide bonds. The number of halogens is 3. The van der Waals surface area contributed by atoms with E-state index in [9.17, 15) is 13.2 Å². The van der Waals surface area contributed by atoms with Gasteiger partial charge >= 0.3 is 0 Å². The number of rotatable bonds is 12. The summed E-state index contributed by atoms with van der Waals surface area (Å²) in [7, 11) is -4.08. The van der Waals surface area contributed by atoms with E-state index in [0.29, 0.717) is 45.5 Å². The van der Waals surface area contributed by atoms with Crippen LogP contribution in [-0.2, 0) is 20.6 Å². The molecule has 0 saturated carbocycles. The average Bonchev–Trinajstić information content (AvgIpc) is 2.85. The summed E-state index contributed by atoms with van der Waals surface area (Å²) in [6, 6.07) is 18.0. The van der Waals surface area contributed by atoms with Gasteiger partial charge in [0.25, 0.3) is 10.0 Å². The normalized spacial score (nSPS) is 11.2. The predicted octanol–water partition coefficient (Wildman–Crippen LogP) is 6.29. The van der Waals surface area contributed by atoms with E-state index in [1.54, 1.807) is 49.0 Å². The van der Waals surface area contributed by atoms with E-state index >= 15 is 0 Å². The lowest BCUT2D eigenvalue weighted by Gasteiger charge is -2.26. The fraction of sp³-hybridized carbons (Fsp3) is 0.240. The summed E-state index contributed by atoms with van der Waals surface area (Å²) in [5.41, 5.74) is 1.30. The van der Waals surface area contributed by atoms with Crippen molar-refractivity contribution in [2.45, 2.75) is 17.6 Å². The molecule has 3 rings (SSSR count). The number of anilines is 1. The molecule has 0 aliphatic rings. The van der Waals surface area contributed by atoms with Crippen LogP contribution in [0.25, 0.3) is 0 Å². The Morgan fingerprint density at radius 2 is 1.72 bits per heavy atom. The Bertz CT molecular complexity index is 1290. The first-order valence-electron chi connectivity index (χ1n) is 11.0. The SMILES string of the molecule is CCOc1ccccc1N(CC(=O)NCCSCc1ccc(Cl)c(Cl)c1)S(=O)(=O)c1ccc(Cl)cc1. The maximum Gasteiger partial charge on any atom is 0.264 e. The van der Waals surface area contributed by atoms with Gasteiger partial charge in [-0.3, -0.25) is 9.10 Å². The minimum Gasteiger partial charge on any atom is -0.492 e. The van der Waals surface area contributed by atoms with E-state index in [-0.39, 0.29) is 10.6 Å². The third-order valence-corrected chi connectivity index (χ3v) is 8.74. The number of hydrogen-bond donors (Lipinski definition) is 1. The van der Waals surface area contributed by atoms with Crippen LogP contribution in [0.15, 0.2) is 71.6 Å². The fourth-order valence-electron chi connectivity index (χ4n) is 3.24. The molecule has 0 fully saturated rings. The zero-order valence-electron chi connectivity index (χ0n) is 19.4. The molecule has 0 aliphatic heterocycles. The van der Waals surface area contributed by atoms with E-state index in [2.05, 4.69) is 5.32 Å². The summed E-state index contributed by atoms with van der Waals surface area (Å²) in [5, 5.41) is 4.21. The van der Waals surface area contributed by atoms with Gasteiger partial charge < -0.3 is 10.1 Å². The van der Waals surface area contributed by atoms with Crippen LogP contribution in [0.1, 0.15) is 12.5 Å². The van der Waals surface area contributed by atoms with Crippen LogP contribution in [0.2, 0.25) is 15.1 Å². The van der Waals surface area contributed by atoms with Crippen molar-refractivity contribution in [2.24, 2.45) is 0 Å². The lowest BCUT2D eigenvalue weighted by Crippen LogP contribution is -2.41. The van der Waals surface area contributed by atoms with E-state index in [4.69, 9.17) is 39.5 Å². The summed E-state index contributed by atoms with van der Waals surface area (Å²) in [6.45, 7) is 2.10. The zero-order chi connectivity index (χ0) is 26.1. The second-order valence-electron chi connectivity index (χ2n) is 7.52.